The molecule has 2 aromatic rings. The minimum absolute atomic E-state index is 0.143. The first-order valence-electron chi connectivity index (χ1n) is 9.35. The normalized spacial score (nSPS) is 21.1. The van der Waals surface area contributed by atoms with E-state index in [1.807, 2.05) is 48.5 Å². The third-order valence-corrected chi connectivity index (χ3v) is 5.52. The molecule has 1 aliphatic carbocycles. The summed E-state index contributed by atoms with van der Waals surface area (Å²) in [4.78, 5) is 26.5. The van der Waals surface area contributed by atoms with Gasteiger partial charge in [-0.15, -0.1) is 0 Å². The van der Waals surface area contributed by atoms with Crippen LogP contribution in [0.1, 0.15) is 35.4 Å². The van der Waals surface area contributed by atoms with Gasteiger partial charge in [-0.2, -0.15) is 0 Å². The molecule has 5 nitrogen and oxygen atoms in total. The van der Waals surface area contributed by atoms with Crippen molar-refractivity contribution in [2.75, 3.05) is 13.7 Å². The second-order valence-electron chi connectivity index (χ2n) is 7.19. The third kappa shape index (κ3) is 3.54. The quantitative estimate of drug-likeness (QED) is 0.811. The SMILES string of the molecule is COc1ccc2c(c1)CC[C@H]2CC(=O)N1C(=O)OC[C@H]1Cc1ccccc1. The average Bonchev–Trinajstić information content (AvgIpc) is 3.25. The molecule has 1 saturated heterocycles. The minimum Gasteiger partial charge on any atom is -0.497 e. The average molecular weight is 365 g/mol. The molecule has 0 unspecified atom stereocenters. The molecule has 1 heterocycles. The van der Waals surface area contributed by atoms with E-state index in [0.29, 0.717) is 12.8 Å². The fraction of sp³-hybridized carbons (Fsp3) is 0.364. The van der Waals surface area contributed by atoms with Gasteiger partial charge in [0.05, 0.1) is 13.2 Å². The van der Waals surface area contributed by atoms with Crippen LogP contribution < -0.4 is 4.74 Å². The van der Waals surface area contributed by atoms with E-state index in [0.717, 1.165) is 24.2 Å². The number of ether oxygens (including phenoxy) is 2. The van der Waals surface area contributed by atoms with Crippen LogP contribution in [-0.2, 0) is 22.4 Å². The van der Waals surface area contributed by atoms with Gasteiger partial charge in [-0.3, -0.25) is 4.79 Å². The van der Waals surface area contributed by atoms with Gasteiger partial charge in [-0.1, -0.05) is 36.4 Å². The highest BCUT2D eigenvalue weighted by molar-refractivity contribution is 5.94. The van der Waals surface area contributed by atoms with Crippen molar-refractivity contribution in [3.63, 3.8) is 0 Å². The number of aryl methyl sites for hydroxylation is 1. The van der Waals surface area contributed by atoms with E-state index in [1.54, 1.807) is 7.11 Å². The fourth-order valence-electron chi connectivity index (χ4n) is 4.13. The maximum atomic E-state index is 12.9. The van der Waals surface area contributed by atoms with Crippen LogP contribution in [0.25, 0.3) is 0 Å². The first-order chi connectivity index (χ1) is 13.2. The van der Waals surface area contributed by atoms with Gasteiger partial charge in [0, 0.05) is 6.42 Å². The van der Waals surface area contributed by atoms with Gasteiger partial charge in [0.25, 0.3) is 0 Å². The highest BCUT2D eigenvalue weighted by Gasteiger charge is 2.39. The monoisotopic (exact) mass is 365 g/mol. The van der Waals surface area contributed by atoms with Crippen molar-refractivity contribution in [2.45, 2.75) is 37.6 Å². The molecular formula is C22H23NO4. The summed E-state index contributed by atoms with van der Waals surface area (Å²) in [6.45, 7) is 0.262. The number of imide groups is 1. The maximum Gasteiger partial charge on any atom is 0.416 e. The maximum absolute atomic E-state index is 12.9. The van der Waals surface area contributed by atoms with E-state index in [9.17, 15) is 9.59 Å². The Morgan fingerprint density at radius 1 is 1.22 bits per heavy atom. The van der Waals surface area contributed by atoms with Crippen molar-refractivity contribution in [3.8, 4) is 5.75 Å². The highest BCUT2D eigenvalue weighted by Crippen LogP contribution is 2.38. The number of rotatable bonds is 5. The van der Waals surface area contributed by atoms with Crippen molar-refractivity contribution < 1.29 is 19.1 Å². The fourth-order valence-corrected chi connectivity index (χ4v) is 4.13. The van der Waals surface area contributed by atoms with E-state index in [4.69, 9.17) is 9.47 Å². The number of fused-ring (bicyclic) bond motifs is 1. The number of benzene rings is 2. The van der Waals surface area contributed by atoms with Crippen molar-refractivity contribution in [1.29, 1.82) is 0 Å². The number of hydrogen-bond acceptors (Lipinski definition) is 4. The van der Waals surface area contributed by atoms with E-state index < -0.39 is 6.09 Å². The summed E-state index contributed by atoms with van der Waals surface area (Å²) in [5, 5.41) is 0. The van der Waals surface area contributed by atoms with Crippen LogP contribution in [0.3, 0.4) is 0 Å². The van der Waals surface area contributed by atoms with Crippen LogP contribution in [0.2, 0.25) is 0 Å². The Hall–Kier alpha value is -2.82. The molecule has 0 saturated carbocycles. The number of amides is 2. The predicted molar refractivity (Wildman–Crippen MR) is 101 cm³/mol. The first-order valence-corrected chi connectivity index (χ1v) is 9.35. The van der Waals surface area contributed by atoms with Gasteiger partial charge in [0.15, 0.2) is 0 Å². The molecular weight excluding hydrogens is 342 g/mol. The van der Waals surface area contributed by atoms with Gasteiger partial charge < -0.3 is 9.47 Å². The molecule has 0 aromatic heterocycles. The molecule has 1 aliphatic heterocycles. The van der Waals surface area contributed by atoms with Crippen molar-refractivity contribution in [3.05, 3.63) is 65.2 Å². The minimum atomic E-state index is -0.520. The van der Waals surface area contributed by atoms with E-state index in [1.165, 1.54) is 16.0 Å². The van der Waals surface area contributed by atoms with Crippen molar-refractivity contribution >= 4 is 12.0 Å². The van der Waals surface area contributed by atoms with Crippen LogP contribution in [0.4, 0.5) is 4.79 Å². The van der Waals surface area contributed by atoms with Gasteiger partial charge in [0.1, 0.15) is 12.4 Å². The Morgan fingerprint density at radius 2 is 2.04 bits per heavy atom. The lowest BCUT2D eigenvalue weighted by molar-refractivity contribution is -0.129. The molecule has 2 atom stereocenters. The summed E-state index contributed by atoms with van der Waals surface area (Å²) >= 11 is 0. The van der Waals surface area contributed by atoms with E-state index in [2.05, 4.69) is 0 Å². The number of nitrogens with zero attached hydrogens (tertiary/aromatic N) is 1. The Bertz CT molecular complexity index is 849. The molecule has 5 heteroatoms. The summed E-state index contributed by atoms with van der Waals surface area (Å²) in [7, 11) is 1.66. The standard InChI is InChI=1S/C22H23NO4/c1-26-19-9-10-20-16(12-19)7-8-17(20)13-21(24)23-18(14-27-22(23)25)11-15-5-3-2-4-6-15/h2-6,9-10,12,17-18H,7-8,11,13-14H2,1H3/t17-,18+/m0/s1. The summed E-state index contributed by atoms with van der Waals surface area (Å²) in [5.74, 6) is 0.836. The molecule has 0 N–H and O–H groups in total. The van der Waals surface area contributed by atoms with E-state index in [-0.39, 0.29) is 24.5 Å². The number of cyclic esters (lactones) is 1. The lowest BCUT2D eigenvalue weighted by Crippen LogP contribution is -2.40. The molecule has 0 radical (unpaired) electrons. The zero-order chi connectivity index (χ0) is 18.8. The second kappa shape index (κ2) is 7.43. The number of carbonyl (C=O) groups excluding carboxylic acids is 2. The van der Waals surface area contributed by atoms with Crippen LogP contribution in [0, 0.1) is 0 Å². The van der Waals surface area contributed by atoms with Crippen molar-refractivity contribution in [2.24, 2.45) is 0 Å². The molecule has 1 fully saturated rings. The Labute approximate surface area is 158 Å². The number of methoxy groups -OCH3 is 1. The molecule has 2 aliphatic rings. The zero-order valence-electron chi connectivity index (χ0n) is 15.4. The van der Waals surface area contributed by atoms with Gasteiger partial charge in [0.2, 0.25) is 5.91 Å². The van der Waals surface area contributed by atoms with Gasteiger partial charge in [-0.25, -0.2) is 9.69 Å². The zero-order valence-corrected chi connectivity index (χ0v) is 15.4. The Kier molecular flexibility index (Phi) is 4.84. The summed E-state index contributed by atoms with van der Waals surface area (Å²) < 4.78 is 10.5. The lowest BCUT2D eigenvalue weighted by atomic mass is 9.96. The number of hydrogen-bond donors (Lipinski definition) is 0. The van der Waals surface area contributed by atoms with E-state index >= 15 is 0 Å². The van der Waals surface area contributed by atoms with Crippen molar-refractivity contribution in [1.82, 2.24) is 4.90 Å². The Balaban J connectivity index is 1.47. The molecule has 4 rings (SSSR count). The first kappa shape index (κ1) is 17.6. The molecule has 2 amide bonds. The van der Waals surface area contributed by atoms with Crippen LogP contribution in [0.15, 0.2) is 48.5 Å². The summed E-state index contributed by atoms with van der Waals surface area (Å²) in [6, 6.07) is 15.7. The number of carbonyl (C=O) groups is 2. The highest BCUT2D eigenvalue weighted by atomic mass is 16.6. The lowest BCUT2D eigenvalue weighted by Gasteiger charge is -2.21. The largest absolute Gasteiger partial charge is 0.497 e. The van der Waals surface area contributed by atoms with Gasteiger partial charge in [-0.05, 0) is 54.0 Å². The van der Waals surface area contributed by atoms with Crippen LogP contribution >= 0.6 is 0 Å². The molecule has 140 valence electrons. The predicted octanol–water partition coefficient (Wildman–Crippen LogP) is 3.71. The van der Waals surface area contributed by atoms with Crippen LogP contribution in [0.5, 0.6) is 5.75 Å². The molecule has 0 spiro atoms. The third-order valence-electron chi connectivity index (χ3n) is 5.52. The molecule has 27 heavy (non-hydrogen) atoms. The summed E-state index contributed by atoms with van der Waals surface area (Å²) in [6.07, 6.45) is 2.29. The summed E-state index contributed by atoms with van der Waals surface area (Å²) in [5.41, 5.74) is 3.52. The topological polar surface area (TPSA) is 55.8 Å². The van der Waals surface area contributed by atoms with Gasteiger partial charge >= 0.3 is 6.09 Å². The molecule has 0 bridgehead atoms. The molecule has 2 aromatic carbocycles. The van der Waals surface area contributed by atoms with Crippen LogP contribution in [-0.4, -0.2) is 36.7 Å². The smallest absolute Gasteiger partial charge is 0.416 e. The Morgan fingerprint density at radius 3 is 2.81 bits per heavy atom. The second-order valence-corrected chi connectivity index (χ2v) is 7.19.